The van der Waals surface area contributed by atoms with Crippen molar-refractivity contribution in [3.63, 3.8) is 0 Å². The number of likely N-dealkylation sites (tertiary alicyclic amines) is 1. The van der Waals surface area contributed by atoms with E-state index in [2.05, 4.69) is 29.2 Å². The van der Waals surface area contributed by atoms with Crippen molar-refractivity contribution in [2.24, 2.45) is 5.92 Å². The van der Waals surface area contributed by atoms with Crippen molar-refractivity contribution in [1.29, 1.82) is 0 Å². The van der Waals surface area contributed by atoms with Gasteiger partial charge in [-0.2, -0.15) is 0 Å². The molecule has 1 saturated heterocycles. The lowest BCUT2D eigenvalue weighted by molar-refractivity contribution is -0.132. The molecule has 8 heteroatoms. The lowest BCUT2D eigenvalue weighted by Gasteiger charge is -2.31. The minimum absolute atomic E-state index is 0.0897. The van der Waals surface area contributed by atoms with Gasteiger partial charge in [-0.25, -0.2) is 8.42 Å². The average molecular weight is 516 g/mol. The summed E-state index contributed by atoms with van der Waals surface area (Å²) < 4.78 is 24.2. The van der Waals surface area contributed by atoms with Gasteiger partial charge in [0, 0.05) is 28.5 Å². The molecule has 0 atom stereocenters. The van der Waals surface area contributed by atoms with E-state index >= 15 is 0 Å². The molecule has 4 nitrogen and oxygen atoms in total. The van der Waals surface area contributed by atoms with Gasteiger partial charge in [-0.05, 0) is 65.5 Å². The van der Waals surface area contributed by atoms with Gasteiger partial charge in [0.25, 0.3) is 0 Å². The monoisotopic (exact) mass is 515 g/mol. The molecule has 0 aliphatic carbocycles. The number of halogens is 3. The van der Waals surface area contributed by atoms with E-state index in [1.165, 1.54) is 0 Å². The molecule has 0 N–H and O–H groups in total. The molecule has 0 spiro atoms. The standard InChI is InChI=1S/C17H20Cl2INO3S/c1-2-25(23,24)11-12-5-7-21(8-6-12)17(22)4-3-13-9-14(18)15(19)10-16(13)20/h2,9-10,12H,1,3-8,11H2. The maximum absolute atomic E-state index is 12.4. The van der Waals surface area contributed by atoms with Crippen LogP contribution in [0, 0.1) is 9.49 Å². The van der Waals surface area contributed by atoms with Crippen LogP contribution < -0.4 is 0 Å². The first-order valence-corrected chi connectivity index (χ1v) is 11.5. The highest BCUT2D eigenvalue weighted by atomic mass is 127. The second-order valence-corrected chi connectivity index (χ2v) is 10.1. The Labute approximate surface area is 172 Å². The average Bonchev–Trinajstić information content (AvgIpc) is 2.57. The first kappa shape index (κ1) is 21.0. The maximum atomic E-state index is 12.4. The van der Waals surface area contributed by atoms with E-state index in [0.717, 1.165) is 14.5 Å². The quantitative estimate of drug-likeness (QED) is 0.418. The van der Waals surface area contributed by atoms with Gasteiger partial charge in [-0.3, -0.25) is 4.79 Å². The predicted molar refractivity (Wildman–Crippen MR) is 111 cm³/mol. The summed E-state index contributed by atoms with van der Waals surface area (Å²) in [4.78, 5) is 14.2. The summed E-state index contributed by atoms with van der Waals surface area (Å²) in [5.41, 5.74) is 1.01. The number of benzene rings is 1. The number of aryl methyl sites for hydroxylation is 1. The molecule has 0 bridgehead atoms. The topological polar surface area (TPSA) is 54.5 Å². The molecule has 1 amide bonds. The molecule has 1 fully saturated rings. The van der Waals surface area contributed by atoms with Crippen LogP contribution in [0.1, 0.15) is 24.8 Å². The summed E-state index contributed by atoms with van der Waals surface area (Å²) in [7, 11) is -3.18. The fourth-order valence-electron chi connectivity index (χ4n) is 2.90. The second kappa shape index (κ2) is 9.06. The highest BCUT2D eigenvalue weighted by molar-refractivity contribution is 14.1. The van der Waals surface area contributed by atoms with Crippen LogP contribution in [0.5, 0.6) is 0 Å². The fraction of sp³-hybridized carbons (Fsp3) is 0.471. The van der Waals surface area contributed by atoms with Gasteiger partial charge in [0.1, 0.15) is 0 Å². The van der Waals surface area contributed by atoms with Gasteiger partial charge in [-0.1, -0.05) is 29.8 Å². The predicted octanol–water partition coefficient (Wildman–Crippen LogP) is 4.33. The van der Waals surface area contributed by atoms with Crippen LogP contribution in [-0.4, -0.2) is 38.1 Å². The molecule has 1 aromatic carbocycles. The summed E-state index contributed by atoms with van der Waals surface area (Å²) in [5, 5.41) is 2.02. The molecule has 25 heavy (non-hydrogen) atoms. The summed E-state index contributed by atoms with van der Waals surface area (Å²) in [6.07, 6.45) is 2.44. The lowest BCUT2D eigenvalue weighted by atomic mass is 9.98. The third kappa shape index (κ3) is 6.12. The van der Waals surface area contributed by atoms with E-state index in [1.54, 1.807) is 6.07 Å². The highest BCUT2D eigenvalue weighted by Gasteiger charge is 2.25. The first-order chi connectivity index (χ1) is 11.7. The number of piperidine rings is 1. The minimum Gasteiger partial charge on any atom is -0.343 e. The zero-order chi connectivity index (χ0) is 18.6. The minimum atomic E-state index is -3.18. The van der Waals surface area contributed by atoms with E-state index in [1.807, 2.05) is 11.0 Å². The number of hydrogen-bond acceptors (Lipinski definition) is 3. The Kier molecular flexibility index (Phi) is 7.61. The molecule has 1 aromatic rings. The van der Waals surface area contributed by atoms with Crippen LogP contribution in [0.15, 0.2) is 24.1 Å². The molecular weight excluding hydrogens is 496 g/mol. The first-order valence-electron chi connectivity index (χ1n) is 7.98. The summed E-state index contributed by atoms with van der Waals surface area (Å²) in [6, 6.07) is 3.61. The van der Waals surface area contributed by atoms with Gasteiger partial charge in [0.15, 0.2) is 9.84 Å². The van der Waals surface area contributed by atoms with Crippen molar-refractivity contribution in [1.82, 2.24) is 4.90 Å². The van der Waals surface area contributed by atoms with Crippen LogP contribution in [-0.2, 0) is 21.1 Å². The summed E-state index contributed by atoms with van der Waals surface area (Å²) >= 11 is 14.2. The van der Waals surface area contributed by atoms with E-state index in [-0.39, 0.29) is 17.6 Å². The number of nitrogens with zero attached hydrogens (tertiary/aromatic N) is 1. The van der Waals surface area contributed by atoms with Crippen molar-refractivity contribution < 1.29 is 13.2 Å². The Morgan fingerprint density at radius 3 is 2.48 bits per heavy atom. The number of carbonyl (C=O) groups is 1. The van der Waals surface area contributed by atoms with Crippen molar-refractivity contribution in [3.05, 3.63) is 43.3 Å². The Morgan fingerprint density at radius 1 is 1.28 bits per heavy atom. The van der Waals surface area contributed by atoms with Crippen LogP contribution in [0.2, 0.25) is 10.0 Å². The molecule has 2 rings (SSSR count). The van der Waals surface area contributed by atoms with Crippen molar-refractivity contribution in [2.75, 3.05) is 18.8 Å². The molecule has 0 unspecified atom stereocenters. The molecule has 0 saturated carbocycles. The van der Waals surface area contributed by atoms with E-state index < -0.39 is 9.84 Å². The summed E-state index contributed by atoms with van der Waals surface area (Å²) in [6.45, 7) is 4.55. The van der Waals surface area contributed by atoms with Gasteiger partial charge in [-0.15, -0.1) is 0 Å². The zero-order valence-electron chi connectivity index (χ0n) is 13.7. The van der Waals surface area contributed by atoms with Gasteiger partial charge in [0.2, 0.25) is 5.91 Å². The SMILES string of the molecule is C=CS(=O)(=O)CC1CCN(C(=O)CCc2cc(Cl)c(Cl)cc2I)CC1. The molecule has 1 aliphatic rings. The second-order valence-electron chi connectivity index (χ2n) is 6.18. The van der Waals surface area contributed by atoms with Gasteiger partial charge < -0.3 is 4.90 Å². The maximum Gasteiger partial charge on any atom is 0.222 e. The van der Waals surface area contributed by atoms with Crippen molar-refractivity contribution in [3.8, 4) is 0 Å². The number of sulfone groups is 1. The van der Waals surface area contributed by atoms with Crippen LogP contribution in [0.4, 0.5) is 0 Å². The Hall–Kier alpha value is -0.310. The third-order valence-corrected chi connectivity index (χ3v) is 7.56. The Balaban J connectivity index is 1.85. The van der Waals surface area contributed by atoms with Crippen LogP contribution in [0.25, 0.3) is 0 Å². The normalized spacial score (nSPS) is 16.0. The largest absolute Gasteiger partial charge is 0.343 e. The van der Waals surface area contributed by atoms with Gasteiger partial charge in [0.05, 0.1) is 15.8 Å². The molecule has 1 heterocycles. The van der Waals surface area contributed by atoms with Crippen molar-refractivity contribution >= 4 is 61.5 Å². The van der Waals surface area contributed by atoms with Gasteiger partial charge >= 0.3 is 0 Å². The molecular formula is C17H20Cl2INO3S. The lowest BCUT2D eigenvalue weighted by Crippen LogP contribution is -2.39. The number of amides is 1. The van der Waals surface area contributed by atoms with E-state index in [4.69, 9.17) is 23.2 Å². The van der Waals surface area contributed by atoms with E-state index in [0.29, 0.717) is 48.8 Å². The fourth-order valence-corrected chi connectivity index (χ4v) is 5.30. The van der Waals surface area contributed by atoms with Crippen LogP contribution >= 0.6 is 45.8 Å². The number of rotatable bonds is 6. The van der Waals surface area contributed by atoms with Crippen LogP contribution in [0.3, 0.4) is 0 Å². The summed E-state index contributed by atoms with van der Waals surface area (Å²) in [5.74, 6) is 0.315. The number of hydrogen-bond donors (Lipinski definition) is 0. The Morgan fingerprint density at radius 2 is 1.88 bits per heavy atom. The van der Waals surface area contributed by atoms with E-state index in [9.17, 15) is 13.2 Å². The number of carbonyl (C=O) groups excluding carboxylic acids is 1. The zero-order valence-corrected chi connectivity index (χ0v) is 18.2. The Bertz CT molecular complexity index is 759. The smallest absolute Gasteiger partial charge is 0.222 e. The van der Waals surface area contributed by atoms with Crippen molar-refractivity contribution in [2.45, 2.75) is 25.7 Å². The molecule has 1 aliphatic heterocycles. The molecule has 0 radical (unpaired) electrons. The molecule has 138 valence electrons. The molecule has 0 aromatic heterocycles. The highest BCUT2D eigenvalue weighted by Crippen LogP contribution is 2.28. The third-order valence-electron chi connectivity index (χ3n) is 4.39.